The van der Waals surface area contributed by atoms with E-state index in [0.29, 0.717) is 6.54 Å². The summed E-state index contributed by atoms with van der Waals surface area (Å²) < 4.78 is 5.41. The fraction of sp³-hybridized carbons (Fsp3) is 0.824. The van der Waals surface area contributed by atoms with Crippen LogP contribution >= 0.6 is 0 Å². The first kappa shape index (κ1) is 17.3. The van der Waals surface area contributed by atoms with E-state index in [0.717, 1.165) is 45.1 Å². The van der Waals surface area contributed by atoms with Crippen molar-refractivity contribution in [1.82, 2.24) is 15.5 Å². The van der Waals surface area contributed by atoms with Crippen molar-refractivity contribution in [3.05, 3.63) is 11.6 Å². The smallest absolute Gasteiger partial charge is 0.410 e. The number of rotatable bonds is 4. The molecule has 0 spiro atoms. The molecule has 0 aromatic heterocycles. The predicted molar refractivity (Wildman–Crippen MR) is 89.0 cm³/mol. The van der Waals surface area contributed by atoms with Crippen molar-refractivity contribution in [3.63, 3.8) is 0 Å². The van der Waals surface area contributed by atoms with E-state index < -0.39 is 5.60 Å². The number of hydrogen-bond acceptors (Lipinski definition) is 4. The molecule has 2 rings (SSSR count). The normalized spacial score (nSPS) is 20.7. The number of piperidine rings is 1. The summed E-state index contributed by atoms with van der Waals surface area (Å²) in [6, 6.07) is 0. The van der Waals surface area contributed by atoms with Crippen LogP contribution in [0.5, 0.6) is 0 Å². The molecule has 0 unspecified atom stereocenters. The third kappa shape index (κ3) is 5.97. The molecule has 0 aliphatic carbocycles. The Morgan fingerprint density at radius 3 is 2.73 bits per heavy atom. The molecular weight excluding hydrogens is 278 g/mol. The van der Waals surface area contributed by atoms with Crippen LogP contribution in [0.25, 0.3) is 0 Å². The van der Waals surface area contributed by atoms with Gasteiger partial charge in [0.2, 0.25) is 0 Å². The standard InChI is InChI=1S/C17H31N3O2/c1-17(2,3)22-16(21)20-10-6-15(7-11-20)13-19-12-14-4-8-18-9-5-14/h6,14,18-19H,4-5,7-13H2,1-3H3. The Bertz CT molecular complexity index is 395. The lowest BCUT2D eigenvalue weighted by Gasteiger charge is -2.30. The van der Waals surface area contributed by atoms with E-state index in [2.05, 4.69) is 16.7 Å². The van der Waals surface area contributed by atoms with Gasteiger partial charge in [0.25, 0.3) is 0 Å². The summed E-state index contributed by atoms with van der Waals surface area (Å²) in [6.07, 6.45) is 5.46. The summed E-state index contributed by atoms with van der Waals surface area (Å²) in [5, 5.41) is 6.97. The number of hydrogen-bond donors (Lipinski definition) is 2. The van der Waals surface area contributed by atoms with Crippen molar-refractivity contribution < 1.29 is 9.53 Å². The quantitative estimate of drug-likeness (QED) is 0.781. The van der Waals surface area contributed by atoms with Gasteiger partial charge in [-0.05, 0) is 65.6 Å². The number of amides is 1. The third-order valence-electron chi connectivity index (χ3n) is 4.20. The zero-order valence-corrected chi connectivity index (χ0v) is 14.3. The molecule has 0 saturated carbocycles. The number of carbonyl (C=O) groups is 1. The van der Waals surface area contributed by atoms with Gasteiger partial charge in [0.05, 0.1) is 0 Å². The molecule has 22 heavy (non-hydrogen) atoms. The van der Waals surface area contributed by atoms with Gasteiger partial charge in [0.15, 0.2) is 0 Å². The highest BCUT2D eigenvalue weighted by Gasteiger charge is 2.23. The molecule has 2 aliphatic heterocycles. The Hall–Kier alpha value is -1.07. The molecule has 0 bridgehead atoms. The predicted octanol–water partition coefficient (Wildman–Crippen LogP) is 2.14. The van der Waals surface area contributed by atoms with Gasteiger partial charge in [-0.2, -0.15) is 0 Å². The van der Waals surface area contributed by atoms with Crippen molar-refractivity contribution in [2.45, 2.75) is 45.6 Å². The average molecular weight is 309 g/mol. The minimum atomic E-state index is -0.419. The minimum Gasteiger partial charge on any atom is -0.444 e. The molecule has 1 amide bonds. The van der Waals surface area contributed by atoms with Gasteiger partial charge >= 0.3 is 6.09 Å². The van der Waals surface area contributed by atoms with E-state index >= 15 is 0 Å². The van der Waals surface area contributed by atoms with E-state index in [1.807, 2.05) is 20.8 Å². The van der Waals surface area contributed by atoms with Crippen molar-refractivity contribution in [1.29, 1.82) is 0 Å². The fourth-order valence-corrected chi connectivity index (χ4v) is 2.89. The molecule has 2 aliphatic rings. The van der Waals surface area contributed by atoms with Crippen LogP contribution < -0.4 is 10.6 Å². The van der Waals surface area contributed by atoms with E-state index in [1.165, 1.54) is 18.4 Å². The number of nitrogens with zero attached hydrogens (tertiary/aromatic N) is 1. The topological polar surface area (TPSA) is 53.6 Å². The molecule has 2 heterocycles. The van der Waals surface area contributed by atoms with Crippen LogP contribution in [-0.2, 0) is 4.74 Å². The van der Waals surface area contributed by atoms with Crippen LogP contribution in [0.2, 0.25) is 0 Å². The first-order chi connectivity index (χ1) is 10.4. The Morgan fingerprint density at radius 1 is 1.41 bits per heavy atom. The lowest BCUT2D eigenvalue weighted by Crippen LogP contribution is -2.40. The van der Waals surface area contributed by atoms with Crippen molar-refractivity contribution in [2.24, 2.45) is 5.92 Å². The van der Waals surface area contributed by atoms with Gasteiger partial charge in [-0.3, -0.25) is 0 Å². The largest absolute Gasteiger partial charge is 0.444 e. The number of ether oxygens (including phenoxy) is 1. The second kappa shape index (κ2) is 7.97. The zero-order chi connectivity index (χ0) is 16.0. The third-order valence-corrected chi connectivity index (χ3v) is 4.20. The van der Waals surface area contributed by atoms with Crippen LogP contribution in [0.1, 0.15) is 40.0 Å². The Balaban J connectivity index is 1.66. The Morgan fingerprint density at radius 2 is 2.14 bits per heavy atom. The second-order valence-electron chi connectivity index (χ2n) is 7.36. The maximum Gasteiger partial charge on any atom is 0.410 e. The van der Waals surface area contributed by atoms with Gasteiger partial charge in [-0.1, -0.05) is 11.6 Å². The molecule has 2 N–H and O–H groups in total. The minimum absolute atomic E-state index is 0.203. The molecule has 126 valence electrons. The van der Waals surface area contributed by atoms with Crippen LogP contribution in [-0.4, -0.2) is 55.9 Å². The van der Waals surface area contributed by atoms with Crippen LogP contribution in [0, 0.1) is 5.92 Å². The summed E-state index contributed by atoms with van der Waals surface area (Å²) in [4.78, 5) is 13.8. The average Bonchev–Trinajstić information content (AvgIpc) is 2.47. The number of nitrogens with one attached hydrogen (secondary N) is 2. The molecular formula is C17H31N3O2. The number of carbonyl (C=O) groups excluding carboxylic acids is 1. The van der Waals surface area contributed by atoms with Crippen molar-refractivity contribution in [3.8, 4) is 0 Å². The fourth-order valence-electron chi connectivity index (χ4n) is 2.89. The van der Waals surface area contributed by atoms with Crippen LogP contribution in [0.4, 0.5) is 4.79 Å². The van der Waals surface area contributed by atoms with E-state index in [9.17, 15) is 4.79 Å². The summed E-state index contributed by atoms with van der Waals surface area (Å²) >= 11 is 0. The Labute approximate surface area is 134 Å². The summed E-state index contributed by atoms with van der Waals surface area (Å²) in [7, 11) is 0. The maximum absolute atomic E-state index is 12.0. The van der Waals surface area contributed by atoms with E-state index in [1.54, 1.807) is 4.90 Å². The Kier molecular flexibility index (Phi) is 6.26. The molecule has 0 atom stereocenters. The molecule has 0 radical (unpaired) electrons. The van der Waals surface area contributed by atoms with E-state index in [-0.39, 0.29) is 6.09 Å². The van der Waals surface area contributed by atoms with Gasteiger partial charge in [-0.15, -0.1) is 0 Å². The van der Waals surface area contributed by atoms with E-state index in [4.69, 9.17) is 4.74 Å². The van der Waals surface area contributed by atoms with Crippen molar-refractivity contribution >= 4 is 6.09 Å². The van der Waals surface area contributed by atoms with Gasteiger partial charge in [0.1, 0.15) is 5.60 Å². The SMILES string of the molecule is CC(C)(C)OC(=O)N1CC=C(CNCC2CCNCC2)CC1. The zero-order valence-electron chi connectivity index (χ0n) is 14.3. The lowest BCUT2D eigenvalue weighted by atomic mass is 9.98. The second-order valence-corrected chi connectivity index (χ2v) is 7.36. The molecule has 5 heteroatoms. The molecule has 1 saturated heterocycles. The lowest BCUT2D eigenvalue weighted by molar-refractivity contribution is 0.0265. The van der Waals surface area contributed by atoms with Crippen LogP contribution in [0.15, 0.2) is 11.6 Å². The molecule has 0 aromatic carbocycles. The maximum atomic E-state index is 12.0. The monoisotopic (exact) mass is 309 g/mol. The van der Waals surface area contributed by atoms with Crippen molar-refractivity contribution in [2.75, 3.05) is 39.3 Å². The first-order valence-corrected chi connectivity index (χ1v) is 8.51. The summed E-state index contributed by atoms with van der Waals surface area (Å²) in [5.74, 6) is 0.809. The molecule has 0 aromatic rings. The van der Waals surface area contributed by atoms with Gasteiger partial charge in [-0.25, -0.2) is 4.79 Å². The van der Waals surface area contributed by atoms with Gasteiger partial charge in [0, 0.05) is 19.6 Å². The molecule has 5 nitrogen and oxygen atoms in total. The highest BCUT2D eigenvalue weighted by molar-refractivity contribution is 5.68. The van der Waals surface area contributed by atoms with Crippen LogP contribution in [0.3, 0.4) is 0 Å². The summed E-state index contributed by atoms with van der Waals surface area (Å²) in [5.41, 5.74) is 0.992. The molecule has 1 fully saturated rings. The van der Waals surface area contributed by atoms with Gasteiger partial charge < -0.3 is 20.3 Å². The summed E-state index contributed by atoms with van der Waals surface area (Å²) in [6.45, 7) is 11.5. The highest BCUT2D eigenvalue weighted by atomic mass is 16.6. The highest BCUT2D eigenvalue weighted by Crippen LogP contribution is 2.15. The first-order valence-electron chi connectivity index (χ1n) is 8.51.